The Kier molecular flexibility index (Phi) is 5.89. The summed E-state index contributed by atoms with van der Waals surface area (Å²) in [5, 5.41) is 3.58. The second-order valence-corrected chi connectivity index (χ2v) is 4.81. The maximum atomic E-state index is 11.7. The summed E-state index contributed by atoms with van der Waals surface area (Å²) in [4.78, 5) is 11.7. The highest BCUT2D eigenvalue weighted by Gasteiger charge is 2.14. The highest BCUT2D eigenvalue weighted by atomic mass is 35.5. The van der Waals surface area contributed by atoms with Crippen LogP contribution in [0, 0.1) is 0 Å². The fraction of sp³-hybridized carbons (Fsp3) is 0.357. The van der Waals surface area contributed by atoms with E-state index in [2.05, 4.69) is 11.9 Å². The van der Waals surface area contributed by atoms with Crippen molar-refractivity contribution >= 4 is 17.5 Å². The summed E-state index contributed by atoms with van der Waals surface area (Å²) in [6, 6.07) is 7.10. The van der Waals surface area contributed by atoms with Crippen LogP contribution in [0.1, 0.15) is 18.9 Å². The molecule has 1 aromatic carbocycles. The molecule has 1 amide bonds. The van der Waals surface area contributed by atoms with E-state index in [9.17, 15) is 4.79 Å². The van der Waals surface area contributed by atoms with E-state index in [-0.39, 0.29) is 11.9 Å². The second kappa shape index (κ2) is 7.19. The van der Waals surface area contributed by atoms with Gasteiger partial charge in [0.25, 0.3) is 0 Å². The Balaban J connectivity index is 2.48. The average Bonchev–Trinajstić information content (AvgIpc) is 2.28. The third kappa shape index (κ3) is 4.90. The van der Waals surface area contributed by atoms with Crippen LogP contribution >= 0.6 is 11.6 Å². The molecule has 98 valence electrons. The Morgan fingerprint density at radius 3 is 2.94 bits per heavy atom. The quantitative estimate of drug-likeness (QED) is 0.777. The summed E-state index contributed by atoms with van der Waals surface area (Å²) >= 11 is 5.91. The number of carbonyl (C=O) groups is 1. The number of benzene rings is 1. The molecule has 4 heteroatoms. The number of nitrogens with two attached hydrogens (primary N) is 1. The number of hydrogen-bond donors (Lipinski definition) is 2. The molecule has 0 bridgehead atoms. The molecule has 0 spiro atoms. The van der Waals surface area contributed by atoms with Gasteiger partial charge in [0.2, 0.25) is 5.91 Å². The van der Waals surface area contributed by atoms with Crippen LogP contribution in [-0.4, -0.2) is 18.0 Å². The fourth-order valence-corrected chi connectivity index (χ4v) is 1.92. The van der Waals surface area contributed by atoms with Gasteiger partial charge in [-0.2, -0.15) is 0 Å². The molecule has 2 unspecified atom stereocenters. The molecule has 1 aromatic rings. The topological polar surface area (TPSA) is 55.1 Å². The van der Waals surface area contributed by atoms with Crippen molar-refractivity contribution in [2.45, 2.75) is 31.8 Å². The van der Waals surface area contributed by atoms with E-state index in [0.717, 1.165) is 12.0 Å². The van der Waals surface area contributed by atoms with E-state index in [0.29, 0.717) is 11.4 Å². The average molecular weight is 267 g/mol. The van der Waals surface area contributed by atoms with E-state index in [1.54, 1.807) is 6.08 Å². The lowest BCUT2D eigenvalue weighted by Gasteiger charge is -2.17. The normalized spacial score (nSPS) is 13.7. The standard InChI is InChI=1S/C14H19ClN2O/c1-3-5-13(16)14(18)17-10(2)8-11-6-4-7-12(15)9-11/h3-4,6-7,9-10,13H,1,5,8,16H2,2H3,(H,17,18). The van der Waals surface area contributed by atoms with Gasteiger partial charge in [-0.3, -0.25) is 4.79 Å². The molecule has 0 aliphatic carbocycles. The minimum absolute atomic E-state index is 0.0202. The Bertz CT molecular complexity index is 420. The lowest BCUT2D eigenvalue weighted by atomic mass is 10.1. The monoisotopic (exact) mass is 266 g/mol. The smallest absolute Gasteiger partial charge is 0.237 e. The van der Waals surface area contributed by atoms with Crippen molar-refractivity contribution in [3.63, 3.8) is 0 Å². The first-order valence-corrected chi connectivity index (χ1v) is 6.32. The largest absolute Gasteiger partial charge is 0.352 e. The van der Waals surface area contributed by atoms with Crippen molar-refractivity contribution in [1.29, 1.82) is 0 Å². The van der Waals surface area contributed by atoms with Crippen LogP contribution in [0.5, 0.6) is 0 Å². The predicted octanol–water partition coefficient (Wildman–Crippen LogP) is 2.29. The first kappa shape index (κ1) is 14.7. The molecule has 0 aliphatic heterocycles. The van der Waals surface area contributed by atoms with Gasteiger partial charge in [0.1, 0.15) is 0 Å². The summed E-state index contributed by atoms with van der Waals surface area (Å²) < 4.78 is 0. The molecule has 0 fully saturated rings. The molecule has 0 aromatic heterocycles. The highest BCUT2D eigenvalue weighted by Crippen LogP contribution is 2.12. The zero-order valence-corrected chi connectivity index (χ0v) is 11.3. The molecule has 2 atom stereocenters. The van der Waals surface area contributed by atoms with E-state index in [4.69, 9.17) is 17.3 Å². The van der Waals surface area contributed by atoms with E-state index < -0.39 is 6.04 Å². The van der Waals surface area contributed by atoms with Gasteiger partial charge in [-0.25, -0.2) is 0 Å². The van der Waals surface area contributed by atoms with Crippen molar-refractivity contribution in [2.75, 3.05) is 0 Å². The molecule has 3 N–H and O–H groups in total. The number of carbonyl (C=O) groups excluding carboxylic acids is 1. The minimum Gasteiger partial charge on any atom is -0.352 e. The van der Waals surface area contributed by atoms with Crippen LogP contribution in [0.25, 0.3) is 0 Å². The third-order valence-corrected chi connectivity index (χ3v) is 2.81. The van der Waals surface area contributed by atoms with Crippen molar-refractivity contribution in [2.24, 2.45) is 5.73 Å². The predicted molar refractivity (Wildman–Crippen MR) is 75.6 cm³/mol. The van der Waals surface area contributed by atoms with Crippen LogP contribution in [-0.2, 0) is 11.2 Å². The molecule has 18 heavy (non-hydrogen) atoms. The molecular formula is C14H19ClN2O. The van der Waals surface area contributed by atoms with Crippen molar-refractivity contribution in [1.82, 2.24) is 5.32 Å². The molecular weight excluding hydrogens is 248 g/mol. The zero-order chi connectivity index (χ0) is 13.5. The highest BCUT2D eigenvalue weighted by molar-refractivity contribution is 6.30. The molecule has 0 saturated heterocycles. The number of rotatable bonds is 6. The molecule has 0 heterocycles. The molecule has 3 nitrogen and oxygen atoms in total. The van der Waals surface area contributed by atoms with Crippen molar-refractivity contribution < 1.29 is 4.79 Å². The number of halogens is 1. The summed E-state index contributed by atoms with van der Waals surface area (Å²) in [5.41, 5.74) is 6.78. The van der Waals surface area contributed by atoms with Gasteiger partial charge in [0.05, 0.1) is 6.04 Å². The Labute approximate surface area is 113 Å². The molecule has 0 aliphatic rings. The van der Waals surface area contributed by atoms with Gasteiger partial charge >= 0.3 is 0 Å². The van der Waals surface area contributed by atoms with Gasteiger partial charge in [0.15, 0.2) is 0 Å². The first-order chi connectivity index (χ1) is 8.52. The van der Waals surface area contributed by atoms with Gasteiger partial charge < -0.3 is 11.1 Å². The summed E-state index contributed by atoms with van der Waals surface area (Å²) in [5.74, 6) is -0.149. The van der Waals surface area contributed by atoms with E-state index in [1.165, 1.54) is 0 Å². The van der Waals surface area contributed by atoms with Gasteiger partial charge in [-0.05, 0) is 37.5 Å². The SMILES string of the molecule is C=CCC(N)C(=O)NC(C)Cc1cccc(Cl)c1. The summed E-state index contributed by atoms with van der Waals surface area (Å²) in [6.07, 6.45) is 2.86. The first-order valence-electron chi connectivity index (χ1n) is 5.94. The second-order valence-electron chi connectivity index (χ2n) is 4.37. The lowest BCUT2D eigenvalue weighted by Crippen LogP contribution is -2.44. The van der Waals surface area contributed by atoms with Crippen LogP contribution in [0.15, 0.2) is 36.9 Å². The number of amides is 1. The Hall–Kier alpha value is -1.32. The van der Waals surface area contributed by atoms with Crippen LogP contribution < -0.4 is 11.1 Å². The molecule has 1 rings (SSSR count). The minimum atomic E-state index is -0.524. The number of hydrogen-bond acceptors (Lipinski definition) is 2. The van der Waals surface area contributed by atoms with Crippen LogP contribution in [0.2, 0.25) is 5.02 Å². The molecule has 0 saturated carbocycles. The third-order valence-electron chi connectivity index (χ3n) is 2.58. The van der Waals surface area contributed by atoms with Gasteiger partial charge in [-0.15, -0.1) is 6.58 Å². The van der Waals surface area contributed by atoms with Crippen LogP contribution in [0.3, 0.4) is 0 Å². The fourth-order valence-electron chi connectivity index (χ4n) is 1.71. The lowest BCUT2D eigenvalue weighted by molar-refractivity contribution is -0.122. The number of nitrogens with one attached hydrogen (secondary N) is 1. The Morgan fingerprint density at radius 1 is 1.61 bits per heavy atom. The van der Waals surface area contributed by atoms with Crippen molar-refractivity contribution in [3.05, 3.63) is 47.5 Å². The maximum absolute atomic E-state index is 11.7. The molecule has 0 radical (unpaired) electrons. The van der Waals surface area contributed by atoms with Gasteiger partial charge in [0, 0.05) is 11.1 Å². The van der Waals surface area contributed by atoms with Gasteiger partial charge in [-0.1, -0.05) is 29.8 Å². The van der Waals surface area contributed by atoms with E-state index in [1.807, 2.05) is 31.2 Å². The summed E-state index contributed by atoms with van der Waals surface area (Å²) in [7, 11) is 0. The maximum Gasteiger partial charge on any atom is 0.237 e. The Morgan fingerprint density at radius 2 is 2.33 bits per heavy atom. The summed E-state index contributed by atoms with van der Waals surface area (Å²) in [6.45, 7) is 5.51. The zero-order valence-electron chi connectivity index (χ0n) is 10.5. The van der Waals surface area contributed by atoms with Crippen molar-refractivity contribution in [3.8, 4) is 0 Å². The van der Waals surface area contributed by atoms with Crippen LogP contribution in [0.4, 0.5) is 0 Å². The van der Waals surface area contributed by atoms with E-state index >= 15 is 0 Å².